The molecule has 0 bridgehead atoms. The van der Waals surface area contributed by atoms with E-state index in [1.54, 1.807) is 6.07 Å². The standard InChI is InChI=1S/C16H21NO2/c1-11-7-8-13(16(18)19)15(10-11)17-9-3-5-12-4-2-6-14(12)17/h7-8,10,12,14H,2-6,9H2,1H3,(H,18,19). The van der Waals surface area contributed by atoms with Crippen LogP contribution >= 0.6 is 0 Å². The quantitative estimate of drug-likeness (QED) is 0.884. The van der Waals surface area contributed by atoms with Gasteiger partial charge < -0.3 is 10.0 Å². The Hall–Kier alpha value is -1.51. The Morgan fingerprint density at radius 3 is 2.84 bits per heavy atom. The van der Waals surface area contributed by atoms with Crippen molar-refractivity contribution in [3.05, 3.63) is 29.3 Å². The summed E-state index contributed by atoms with van der Waals surface area (Å²) >= 11 is 0. The maximum Gasteiger partial charge on any atom is 0.337 e. The lowest BCUT2D eigenvalue weighted by Gasteiger charge is -2.40. The zero-order valence-electron chi connectivity index (χ0n) is 11.4. The second kappa shape index (κ2) is 4.87. The van der Waals surface area contributed by atoms with Crippen LogP contribution in [-0.2, 0) is 0 Å². The summed E-state index contributed by atoms with van der Waals surface area (Å²) in [4.78, 5) is 13.8. The SMILES string of the molecule is Cc1ccc(C(=O)O)c(N2CCCC3CCCC32)c1. The molecule has 1 N–H and O–H groups in total. The molecule has 1 saturated carbocycles. The highest BCUT2D eigenvalue weighted by molar-refractivity contribution is 5.94. The number of carbonyl (C=O) groups is 1. The van der Waals surface area contributed by atoms with Crippen molar-refractivity contribution in [2.45, 2.75) is 45.1 Å². The first-order chi connectivity index (χ1) is 9.16. The second-order valence-corrected chi connectivity index (χ2v) is 5.92. The summed E-state index contributed by atoms with van der Waals surface area (Å²) < 4.78 is 0. The van der Waals surface area contributed by atoms with E-state index in [-0.39, 0.29) is 0 Å². The largest absolute Gasteiger partial charge is 0.478 e. The lowest BCUT2D eigenvalue weighted by atomic mass is 9.90. The van der Waals surface area contributed by atoms with Gasteiger partial charge in [-0.1, -0.05) is 12.5 Å². The Labute approximate surface area is 114 Å². The molecule has 1 saturated heterocycles. The summed E-state index contributed by atoms with van der Waals surface area (Å²) in [7, 11) is 0. The van der Waals surface area contributed by atoms with Gasteiger partial charge in [-0.2, -0.15) is 0 Å². The average molecular weight is 259 g/mol. The lowest BCUT2D eigenvalue weighted by molar-refractivity contribution is 0.0697. The summed E-state index contributed by atoms with van der Waals surface area (Å²) in [6.45, 7) is 3.04. The third kappa shape index (κ3) is 2.22. The predicted octanol–water partition coefficient (Wildman–Crippen LogP) is 3.46. The van der Waals surface area contributed by atoms with Gasteiger partial charge in [0.1, 0.15) is 0 Å². The van der Waals surface area contributed by atoms with Gasteiger partial charge in [-0.15, -0.1) is 0 Å². The van der Waals surface area contributed by atoms with E-state index in [1.165, 1.54) is 32.1 Å². The maximum atomic E-state index is 11.4. The zero-order valence-corrected chi connectivity index (χ0v) is 11.4. The topological polar surface area (TPSA) is 40.5 Å². The predicted molar refractivity (Wildman–Crippen MR) is 75.8 cm³/mol. The van der Waals surface area contributed by atoms with Crippen molar-refractivity contribution in [1.82, 2.24) is 0 Å². The van der Waals surface area contributed by atoms with Crippen molar-refractivity contribution in [3.63, 3.8) is 0 Å². The molecule has 2 fully saturated rings. The fourth-order valence-electron chi connectivity index (χ4n) is 3.81. The van der Waals surface area contributed by atoms with Crippen LogP contribution in [0.2, 0.25) is 0 Å². The van der Waals surface area contributed by atoms with Gasteiger partial charge in [-0.05, 0) is 56.2 Å². The number of anilines is 1. The molecule has 0 amide bonds. The monoisotopic (exact) mass is 259 g/mol. The first kappa shape index (κ1) is 12.5. The van der Waals surface area contributed by atoms with Crippen LogP contribution in [0.3, 0.4) is 0 Å². The second-order valence-electron chi connectivity index (χ2n) is 5.92. The molecule has 1 aliphatic heterocycles. The van der Waals surface area contributed by atoms with E-state index in [2.05, 4.69) is 4.90 Å². The fraction of sp³-hybridized carbons (Fsp3) is 0.562. The number of aryl methyl sites for hydroxylation is 1. The highest BCUT2D eigenvalue weighted by atomic mass is 16.4. The van der Waals surface area contributed by atoms with Crippen LogP contribution in [-0.4, -0.2) is 23.7 Å². The number of piperidine rings is 1. The van der Waals surface area contributed by atoms with E-state index in [9.17, 15) is 9.90 Å². The van der Waals surface area contributed by atoms with Gasteiger partial charge in [0.25, 0.3) is 0 Å². The molecule has 19 heavy (non-hydrogen) atoms. The highest BCUT2D eigenvalue weighted by Gasteiger charge is 2.36. The number of hydrogen-bond acceptors (Lipinski definition) is 2. The van der Waals surface area contributed by atoms with Crippen molar-refractivity contribution < 1.29 is 9.90 Å². The summed E-state index contributed by atoms with van der Waals surface area (Å²) in [6.07, 6.45) is 6.33. The summed E-state index contributed by atoms with van der Waals surface area (Å²) in [5, 5.41) is 9.40. The molecule has 1 aromatic rings. The molecule has 0 radical (unpaired) electrons. The van der Waals surface area contributed by atoms with Gasteiger partial charge in [0, 0.05) is 12.6 Å². The minimum atomic E-state index is -0.810. The number of fused-ring (bicyclic) bond motifs is 1. The molecule has 3 heteroatoms. The molecule has 0 spiro atoms. The Kier molecular flexibility index (Phi) is 3.21. The van der Waals surface area contributed by atoms with Crippen LogP contribution in [0.25, 0.3) is 0 Å². The van der Waals surface area contributed by atoms with Crippen LogP contribution in [0.5, 0.6) is 0 Å². The summed E-state index contributed by atoms with van der Waals surface area (Å²) in [6, 6.07) is 6.26. The third-order valence-corrected chi connectivity index (χ3v) is 4.69. The first-order valence-corrected chi connectivity index (χ1v) is 7.27. The average Bonchev–Trinajstić information content (AvgIpc) is 2.86. The van der Waals surface area contributed by atoms with Gasteiger partial charge in [-0.3, -0.25) is 0 Å². The smallest absolute Gasteiger partial charge is 0.337 e. The first-order valence-electron chi connectivity index (χ1n) is 7.27. The van der Waals surface area contributed by atoms with Crippen LogP contribution in [0.4, 0.5) is 5.69 Å². The van der Waals surface area contributed by atoms with Crippen LogP contribution in [0.1, 0.15) is 48.0 Å². The number of rotatable bonds is 2. The number of carboxylic acid groups (broad SMARTS) is 1. The van der Waals surface area contributed by atoms with Crippen molar-refractivity contribution in [2.24, 2.45) is 5.92 Å². The van der Waals surface area contributed by atoms with E-state index < -0.39 is 5.97 Å². The van der Waals surface area contributed by atoms with Gasteiger partial charge in [0.15, 0.2) is 0 Å². The Morgan fingerprint density at radius 1 is 1.26 bits per heavy atom. The molecule has 3 rings (SSSR count). The molecule has 2 aliphatic rings. The van der Waals surface area contributed by atoms with Gasteiger partial charge in [-0.25, -0.2) is 4.79 Å². The normalized spacial score (nSPS) is 26.3. The Bertz CT molecular complexity index is 498. The van der Waals surface area contributed by atoms with E-state index in [4.69, 9.17) is 0 Å². The van der Waals surface area contributed by atoms with Crippen LogP contribution in [0.15, 0.2) is 18.2 Å². The van der Waals surface area contributed by atoms with Crippen LogP contribution < -0.4 is 4.90 Å². The molecular formula is C16H21NO2. The number of hydrogen-bond donors (Lipinski definition) is 1. The van der Waals surface area contributed by atoms with Crippen LogP contribution in [0, 0.1) is 12.8 Å². The minimum Gasteiger partial charge on any atom is -0.478 e. The lowest BCUT2D eigenvalue weighted by Crippen LogP contribution is -2.43. The van der Waals surface area contributed by atoms with E-state index >= 15 is 0 Å². The van der Waals surface area contributed by atoms with Gasteiger partial charge >= 0.3 is 5.97 Å². The van der Waals surface area contributed by atoms with E-state index in [0.29, 0.717) is 11.6 Å². The summed E-state index contributed by atoms with van der Waals surface area (Å²) in [5.74, 6) is -0.0361. The maximum absolute atomic E-state index is 11.4. The fourth-order valence-corrected chi connectivity index (χ4v) is 3.81. The molecule has 1 aromatic carbocycles. The number of nitrogens with zero attached hydrogens (tertiary/aromatic N) is 1. The molecule has 2 unspecified atom stereocenters. The molecule has 102 valence electrons. The number of aromatic carboxylic acids is 1. The van der Waals surface area contributed by atoms with Gasteiger partial charge in [0.05, 0.1) is 11.3 Å². The number of carboxylic acids is 1. The molecule has 3 nitrogen and oxygen atoms in total. The third-order valence-electron chi connectivity index (χ3n) is 4.69. The molecule has 0 aromatic heterocycles. The van der Waals surface area contributed by atoms with E-state index in [1.807, 2.05) is 19.1 Å². The van der Waals surface area contributed by atoms with E-state index in [0.717, 1.165) is 23.7 Å². The van der Waals surface area contributed by atoms with Crippen molar-refractivity contribution in [3.8, 4) is 0 Å². The molecule has 2 atom stereocenters. The highest BCUT2D eigenvalue weighted by Crippen LogP contribution is 2.40. The molecular weight excluding hydrogens is 238 g/mol. The molecule has 1 aliphatic carbocycles. The minimum absolute atomic E-state index is 0.457. The summed E-state index contributed by atoms with van der Waals surface area (Å²) in [5.41, 5.74) is 2.53. The number of benzene rings is 1. The van der Waals surface area contributed by atoms with Gasteiger partial charge in [0.2, 0.25) is 0 Å². The Balaban J connectivity index is 2.00. The van der Waals surface area contributed by atoms with Crippen molar-refractivity contribution >= 4 is 11.7 Å². The zero-order chi connectivity index (χ0) is 13.4. The van der Waals surface area contributed by atoms with Crippen molar-refractivity contribution in [1.29, 1.82) is 0 Å². The molecule has 1 heterocycles. The van der Waals surface area contributed by atoms with Crippen molar-refractivity contribution in [2.75, 3.05) is 11.4 Å². The Morgan fingerprint density at radius 2 is 2.05 bits per heavy atom.